The van der Waals surface area contributed by atoms with Crippen molar-refractivity contribution in [3.8, 4) is 0 Å². The predicted molar refractivity (Wildman–Crippen MR) is 47.5 cm³/mol. The summed E-state index contributed by atoms with van der Waals surface area (Å²) in [5, 5.41) is 2.55. The predicted octanol–water partition coefficient (Wildman–Crippen LogP) is 1.81. The molecule has 3 heteroatoms. The fourth-order valence-electron chi connectivity index (χ4n) is 0.780. The Hall–Kier alpha value is -0.830. The zero-order chi connectivity index (χ0) is 8.27. The minimum Gasteiger partial charge on any atom is -0.355 e. The summed E-state index contributed by atoms with van der Waals surface area (Å²) in [6.07, 6.45) is 0. The summed E-state index contributed by atoms with van der Waals surface area (Å²) in [5.41, 5.74) is 0.662. The van der Waals surface area contributed by atoms with Crippen molar-refractivity contribution in [3.05, 3.63) is 34.3 Å². The molecule has 0 saturated heterocycles. The topological polar surface area (TPSA) is 29.1 Å². The number of carbonyl (C=O) groups is 1. The molecule has 0 aliphatic heterocycles. The molecule has 0 aliphatic carbocycles. The average molecular weight is 214 g/mol. The number of hydrogen-bond donors (Lipinski definition) is 1. The van der Waals surface area contributed by atoms with Crippen molar-refractivity contribution in [1.82, 2.24) is 5.32 Å². The summed E-state index contributed by atoms with van der Waals surface area (Å²) in [6.45, 7) is 0. The number of rotatable bonds is 1. The van der Waals surface area contributed by atoms with E-state index in [1.54, 1.807) is 13.1 Å². The van der Waals surface area contributed by atoms with E-state index in [0.717, 1.165) is 4.47 Å². The van der Waals surface area contributed by atoms with E-state index in [2.05, 4.69) is 21.2 Å². The molecule has 0 unspecified atom stereocenters. The van der Waals surface area contributed by atoms with Gasteiger partial charge in [-0.3, -0.25) is 4.79 Å². The quantitative estimate of drug-likeness (QED) is 0.758. The van der Waals surface area contributed by atoms with Gasteiger partial charge < -0.3 is 5.32 Å². The van der Waals surface area contributed by atoms with Crippen LogP contribution >= 0.6 is 15.9 Å². The molecule has 2 nitrogen and oxygen atoms in total. The molecule has 0 aromatic heterocycles. The highest BCUT2D eigenvalue weighted by Crippen LogP contribution is 2.14. The van der Waals surface area contributed by atoms with E-state index in [1.165, 1.54) is 0 Å². The van der Waals surface area contributed by atoms with Gasteiger partial charge in [0.25, 0.3) is 5.91 Å². The maximum atomic E-state index is 11.1. The zero-order valence-corrected chi connectivity index (χ0v) is 7.68. The molecule has 1 aromatic carbocycles. The molecular weight excluding hydrogens is 206 g/mol. The van der Waals surface area contributed by atoms with Crippen LogP contribution in [0.15, 0.2) is 28.7 Å². The molecule has 0 saturated carbocycles. The van der Waals surface area contributed by atoms with Gasteiger partial charge in [-0.25, -0.2) is 0 Å². The SMILES string of the molecule is CNC(=O)c1ccccc1Br. The van der Waals surface area contributed by atoms with Gasteiger partial charge in [0.2, 0.25) is 0 Å². The molecule has 0 fully saturated rings. The van der Waals surface area contributed by atoms with Gasteiger partial charge in [-0.05, 0) is 28.1 Å². The van der Waals surface area contributed by atoms with Crippen molar-refractivity contribution in [1.29, 1.82) is 0 Å². The normalized spacial score (nSPS) is 9.27. The van der Waals surface area contributed by atoms with E-state index in [1.807, 2.05) is 18.2 Å². The van der Waals surface area contributed by atoms with E-state index in [-0.39, 0.29) is 5.91 Å². The number of hydrogen-bond acceptors (Lipinski definition) is 1. The maximum Gasteiger partial charge on any atom is 0.252 e. The summed E-state index contributed by atoms with van der Waals surface area (Å²) in [5.74, 6) is -0.0718. The van der Waals surface area contributed by atoms with Crippen LogP contribution < -0.4 is 5.32 Å². The second kappa shape index (κ2) is 3.53. The number of carbonyl (C=O) groups excluding carboxylic acids is 1. The Labute approximate surface area is 73.7 Å². The molecule has 0 atom stereocenters. The van der Waals surface area contributed by atoms with Crippen LogP contribution in [0.25, 0.3) is 0 Å². The molecule has 0 aliphatic rings. The Morgan fingerprint density at radius 3 is 2.64 bits per heavy atom. The Balaban J connectivity index is 3.03. The van der Waals surface area contributed by atoms with Crippen LogP contribution in [0, 0.1) is 0 Å². The van der Waals surface area contributed by atoms with E-state index in [9.17, 15) is 4.79 Å². The number of nitrogens with one attached hydrogen (secondary N) is 1. The van der Waals surface area contributed by atoms with Crippen molar-refractivity contribution < 1.29 is 4.79 Å². The third-order valence-corrected chi connectivity index (χ3v) is 2.04. The highest BCUT2D eigenvalue weighted by Gasteiger charge is 2.04. The lowest BCUT2D eigenvalue weighted by Gasteiger charge is -2.00. The molecule has 1 N–H and O–H groups in total. The van der Waals surface area contributed by atoms with Gasteiger partial charge in [0.05, 0.1) is 5.56 Å². The largest absolute Gasteiger partial charge is 0.355 e. The molecule has 1 aromatic rings. The van der Waals surface area contributed by atoms with Crippen LogP contribution in [0.3, 0.4) is 0 Å². The number of benzene rings is 1. The average Bonchev–Trinajstić information content (AvgIpc) is 2.04. The molecule has 0 bridgehead atoms. The van der Waals surface area contributed by atoms with Gasteiger partial charge in [-0.2, -0.15) is 0 Å². The lowest BCUT2D eigenvalue weighted by molar-refractivity contribution is 0.0962. The Morgan fingerprint density at radius 1 is 1.45 bits per heavy atom. The fraction of sp³-hybridized carbons (Fsp3) is 0.125. The van der Waals surface area contributed by atoms with Gasteiger partial charge in [-0.15, -0.1) is 0 Å². The van der Waals surface area contributed by atoms with E-state index in [0.29, 0.717) is 5.56 Å². The third-order valence-electron chi connectivity index (χ3n) is 1.35. The minimum atomic E-state index is -0.0718. The molecule has 0 heterocycles. The molecule has 11 heavy (non-hydrogen) atoms. The summed E-state index contributed by atoms with van der Waals surface area (Å²) in [6, 6.07) is 7.30. The standard InChI is InChI=1S/C8H8BrNO/c1-10-8(11)6-4-2-3-5-7(6)9/h2-5H,1H3,(H,10,11). The van der Waals surface area contributed by atoms with Gasteiger partial charge in [0.15, 0.2) is 0 Å². The molecule has 58 valence electrons. The Morgan fingerprint density at radius 2 is 2.09 bits per heavy atom. The zero-order valence-electron chi connectivity index (χ0n) is 6.10. The minimum absolute atomic E-state index is 0.0718. The summed E-state index contributed by atoms with van der Waals surface area (Å²) >= 11 is 3.28. The van der Waals surface area contributed by atoms with E-state index >= 15 is 0 Å². The highest BCUT2D eigenvalue weighted by atomic mass is 79.9. The highest BCUT2D eigenvalue weighted by molar-refractivity contribution is 9.10. The first-order valence-corrected chi connectivity index (χ1v) is 4.01. The number of halogens is 1. The monoisotopic (exact) mass is 213 g/mol. The molecule has 0 radical (unpaired) electrons. The smallest absolute Gasteiger partial charge is 0.252 e. The molecular formula is C8H8BrNO. The van der Waals surface area contributed by atoms with Gasteiger partial charge >= 0.3 is 0 Å². The Bertz CT molecular complexity index is 273. The first-order chi connectivity index (χ1) is 5.25. The van der Waals surface area contributed by atoms with E-state index in [4.69, 9.17) is 0 Å². The molecule has 1 amide bonds. The molecule has 0 spiro atoms. The summed E-state index contributed by atoms with van der Waals surface area (Å²) < 4.78 is 0.819. The summed E-state index contributed by atoms with van der Waals surface area (Å²) in [7, 11) is 1.61. The van der Waals surface area contributed by atoms with Gasteiger partial charge in [0.1, 0.15) is 0 Å². The van der Waals surface area contributed by atoms with Crippen LogP contribution in [0.2, 0.25) is 0 Å². The van der Waals surface area contributed by atoms with Crippen LogP contribution in [0.1, 0.15) is 10.4 Å². The van der Waals surface area contributed by atoms with Crippen molar-refractivity contribution in [2.75, 3.05) is 7.05 Å². The fourth-order valence-corrected chi connectivity index (χ4v) is 1.24. The van der Waals surface area contributed by atoms with Crippen molar-refractivity contribution in [2.45, 2.75) is 0 Å². The van der Waals surface area contributed by atoms with Gasteiger partial charge in [-0.1, -0.05) is 12.1 Å². The van der Waals surface area contributed by atoms with Crippen LogP contribution in [0.5, 0.6) is 0 Å². The second-order valence-corrected chi connectivity index (χ2v) is 2.91. The third kappa shape index (κ3) is 1.80. The first kappa shape index (κ1) is 8.27. The van der Waals surface area contributed by atoms with Crippen molar-refractivity contribution in [2.24, 2.45) is 0 Å². The lowest BCUT2D eigenvalue weighted by Crippen LogP contribution is -2.17. The van der Waals surface area contributed by atoms with E-state index < -0.39 is 0 Å². The van der Waals surface area contributed by atoms with Crippen molar-refractivity contribution in [3.63, 3.8) is 0 Å². The molecule has 1 rings (SSSR count). The summed E-state index contributed by atoms with van der Waals surface area (Å²) in [4.78, 5) is 11.1. The lowest BCUT2D eigenvalue weighted by atomic mass is 10.2. The number of amides is 1. The van der Waals surface area contributed by atoms with Crippen molar-refractivity contribution >= 4 is 21.8 Å². The van der Waals surface area contributed by atoms with Crippen LogP contribution in [0.4, 0.5) is 0 Å². The first-order valence-electron chi connectivity index (χ1n) is 3.22. The van der Waals surface area contributed by atoms with Gasteiger partial charge in [0, 0.05) is 11.5 Å². The Kier molecular flexibility index (Phi) is 2.65. The second-order valence-electron chi connectivity index (χ2n) is 2.06. The van der Waals surface area contributed by atoms with Crippen LogP contribution in [-0.4, -0.2) is 13.0 Å². The maximum absolute atomic E-state index is 11.1. The van der Waals surface area contributed by atoms with Crippen LogP contribution in [-0.2, 0) is 0 Å².